The van der Waals surface area contributed by atoms with Gasteiger partial charge >= 0.3 is 5.97 Å². The lowest BCUT2D eigenvalue weighted by molar-refractivity contribution is -0.141. The molecular weight excluding hydrogens is 183 g/mol. The van der Waals surface area contributed by atoms with Crippen LogP contribution >= 0.6 is 0 Å². The Hall–Kier alpha value is -1.38. The van der Waals surface area contributed by atoms with E-state index in [2.05, 4.69) is 0 Å². The zero-order valence-corrected chi connectivity index (χ0v) is 8.25. The van der Waals surface area contributed by atoms with Crippen molar-refractivity contribution in [2.75, 3.05) is 0 Å². The number of carboxylic acids is 1. The van der Waals surface area contributed by atoms with Crippen LogP contribution in [0.1, 0.15) is 18.1 Å². The molecule has 0 saturated heterocycles. The highest BCUT2D eigenvalue weighted by molar-refractivity contribution is 5.69. The van der Waals surface area contributed by atoms with E-state index in [4.69, 9.17) is 5.11 Å². The number of carbonyl (C=O) groups is 1. The number of benzene rings is 1. The predicted octanol–water partition coefficient (Wildman–Crippen LogP) is 2.40. The Labute approximate surface area is 82.4 Å². The van der Waals surface area contributed by atoms with E-state index in [0.29, 0.717) is 5.56 Å². The first-order chi connectivity index (χ1) is 6.50. The molecule has 1 rings (SSSR count). The minimum Gasteiger partial charge on any atom is -0.481 e. The average Bonchev–Trinajstić information content (AvgIpc) is 2.11. The SMILES string of the molecule is Cc1ccc(F)c(C[C@H](C)C(=O)O)c1. The zero-order valence-electron chi connectivity index (χ0n) is 8.25. The molecule has 1 aromatic rings. The molecule has 0 bridgehead atoms. The third kappa shape index (κ3) is 2.55. The molecule has 0 aliphatic rings. The van der Waals surface area contributed by atoms with Gasteiger partial charge in [-0.05, 0) is 25.0 Å². The van der Waals surface area contributed by atoms with Crippen LogP contribution < -0.4 is 0 Å². The highest BCUT2D eigenvalue weighted by atomic mass is 19.1. The van der Waals surface area contributed by atoms with E-state index in [1.165, 1.54) is 6.07 Å². The largest absolute Gasteiger partial charge is 0.481 e. The summed E-state index contributed by atoms with van der Waals surface area (Å²) in [4.78, 5) is 10.6. The molecule has 0 amide bonds. The average molecular weight is 196 g/mol. The number of carboxylic acid groups (broad SMARTS) is 1. The zero-order chi connectivity index (χ0) is 10.7. The highest BCUT2D eigenvalue weighted by Crippen LogP contribution is 2.14. The van der Waals surface area contributed by atoms with E-state index < -0.39 is 11.9 Å². The molecule has 1 aromatic carbocycles. The van der Waals surface area contributed by atoms with Crippen LogP contribution in [-0.4, -0.2) is 11.1 Å². The molecule has 3 heteroatoms. The van der Waals surface area contributed by atoms with Crippen molar-refractivity contribution in [1.29, 1.82) is 0 Å². The summed E-state index contributed by atoms with van der Waals surface area (Å²) in [6.45, 7) is 3.43. The number of halogens is 1. The molecular formula is C11H13FO2. The van der Waals surface area contributed by atoms with E-state index in [1.54, 1.807) is 19.1 Å². The lowest BCUT2D eigenvalue weighted by Gasteiger charge is -2.07. The van der Waals surface area contributed by atoms with Crippen LogP contribution in [0.3, 0.4) is 0 Å². The van der Waals surface area contributed by atoms with Crippen LogP contribution in [0.4, 0.5) is 4.39 Å². The molecule has 0 heterocycles. The standard InChI is InChI=1S/C11H13FO2/c1-7-3-4-10(12)9(5-7)6-8(2)11(13)14/h3-5,8H,6H2,1-2H3,(H,13,14)/t8-/m0/s1. The Morgan fingerprint density at radius 3 is 2.79 bits per heavy atom. The summed E-state index contributed by atoms with van der Waals surface area (Å²) < 4.78 is 13.2. The minimum absolute atomic E-state index is 0.239. The normalized spacial score (nSPS) is 12.5. The van der Waals surface area contributed by atoms with Crippen LogP contribution in [0.15, 0.2) is 18.2 Å². The summed E-state index contributed by atoms with van der Waals surface area (Å²) in [6, 6.07) is 4.73. The fourth-order valence-electron chi connectivity index (χ4n) is 1.28. The van der Waals surface area contributed by atoms with Gasteiger partial charge in [0.15, 0.2) is 0 Å². The molecule has 0 fully saturated rings. The molecule has 0 radical (unpaired) electrons. The quantitative estimate of drug-likeness (QED) is 0.806. The number of rotatable bonds is 3. The lowest BCUT2D eigenvalue weighted by atomic mass is 9.99. The molecule has 0 spiro atoms. The van der Waals surface area contributed by atoms with Crippen molar-refractivity contribution in [1.82, 2.24) is 0 Å². The molecule has 14 heavy (non-hydrogen) atoms. The molecule has 0 aromatic heterocycles. The fourth-order valence-corrected chi connectivity index (χ4v) is 1.28. The van der Waals surface area contributed by atoms with Gasteiger partial charge in [0.25, 0.3) is 0 Å². The van der Waals surface area contributed by atoms with Gasteiger partial charge in [0, 0.05) is 0 Å². The van der Waals surface area contributed by atoms with Gasteiger partial charge in [0.1, 0.15) is 5.82 Å². The van der Waals surface area contributed by atoms with Crippen LogP contribution in [0.25, 0.3) is 0 Å². The number of aliphatic carboxylic acids is 1. The number of hydrogen-bond donors (Lipinski definition) is 1. The Kier molecular flexibility index (Phi) is 3.23. The van der Waals surface area contributed by atoms with Crippen LogP contribution in [-0.2, 0) is 11.2 Å². The Morgan fingerprint density at radius 1 is 1.57 bits per heavy atom. The second-order valence-electron chi connectivity index (χ2n) is 3.54. The molecule has 0 aliphatic carbocycles. The minimum atomic E-state index is -0.897. The van der Waals surface area contributed by atoms with Crippen molar-refractivity contribution < 1.29 is 14.3 Å². The van der Waals surface area contributed by atoms with Gasteiger partial charge < -0.3 is 5.11 Å². The van der Waals surface area contributed by atoms with E-state index in [1.807, 2.05) is 6.92 Å². The highest BCUT2D eigenvalue weighted by Gasteiger charge is 2.13. The summed E-state index contributed by atoms with van der Waals surface area (Å²) in [5.41, 5.74) is 1.42. The maximum Gasteiger partial charge on any atom is 0.306 e. The first-order valence-electron chi connectivity index (χ1n) is 4.48. The van der Waals surface area contributed by atoms with E-state index in [-0.39, 0.29) is 12.2 Å². The van der Waals surface area contributed by atoms with E-state index in [9.17, 15) is 9.18 Å². The predicted molar refractivity (Wildman–Crippen MR) is 51.6 cm³/mol. The molecule has 0 aliphatic heterocycles. The van der Waals surface area contributed by atoms with Gasteiger partial charge in [-0.2, -0.15) is 0 Å². The number of hydrogen-bond acceptors (Lipinski definition) is 1. The van der Waals surface area contributed by atoms with Gasteiger partial charge in [0.05, 0.1) is 5.92 Å². The van der Waals surface area contributed by atoms with Crippen LogP contribution in [0, 0.1) is 18.7 Å². The summed E-state index contributed by atoms with van der Waals surface area (Å²) in [5.74, 6) is -1.78. The topological polar surface area (TPSA) is 37.3 Å². The first kappa shape index (κ1) is 10.7. The van der Waals surface area contributed by atoms with Crippen molar-refractivity contribution in [3.63, 3.8) is 0 Å². The molecule has 0 unspecified atom stereocenters. The summed E-state index contributed by atoms with van der Waals surface area (Å²) in [6.07, 6.45) is 0.239. The van der Waals surface area contributed by atoms with Crippen molar-refractivity contribution in [2.45, 2.75) is 20.3 Å². The van der Waals surface area contributed by atoms with Crippen molar-refractivity contribution in [3.05, 3.63) is 35.1 Å². The number of aryl methyl sites for hydroxylation is 1. The Bertz CT molecular complexity index is 347. The van der Waals surface area contributed by atoms with Crippen molar-refractivity contribution in [2.24, 2.45) is 5.92 Å². The van der Waals surface area contributed by atoms with Crippen molar-refractivity contribution in [3.8, 4) is 0 Å². The Morgan fingerprint density at radius 2 is 2.21 bits per heavy atom. The smallest absolute Gasteiger partial charge is 0.306 e. The molecule has 0 saturated carbocycles. The maximum atomic E-state index is 13.2. The van der Waals surface area contributed by atoms with Gasteiger partial charge in [-0.25, -0.2) is 4.39 Å². The molecule has 1 N–H and O–H groups in total. The second kappa shape index (κ2) is 4.22. The third-order valence-corrected chi connectivity index (χ3v) is 2.15. The summed E-state index contributed by atoms with van der Waals surface area (Å²) >= 11 is 0. The van der Waals surface area contributed by atoms with Crippen LogP contribution in [0.5, 0.6) is 0 Å². The van der Waals surface area contributed by atoms with Gasteiger partial charge in [0.2, 0.25) is 0 Å². The van der Waals surface area contributed by atoms with E-state index >= 15 is 0 Å². The van der Waals surface area contributed by atoms with E-state index in [0.717, 1.165) is 5.56 Å². The first-order valence-corrected chi connectivity index (χ1v) is 4.48. The Balaban J connectivity index is 2.85. The monoisotopic (exact) mass is 196 g/mol. The van der Waals surface area contributed by atoms with Gasteiger partial charge in [-0.3, -0.25) is 4.79 Å². The summed E-state index contributed by atoms with van der Waals surface area (Å²) in [7, 11) is 0. The maximum absolute atomic E-state index is 13.2. The second-order valence-corrected chi connectivity index (χ2v) is 3.54. The molecule has 76 valence electrons. The fraction of sp³-hybridized carbons (Fsp3) is 0.364. The van der Waals surface area contributed by atoms with Crippen LogP contribution in [0.2, 0.25) is 0 Å². The third-order valence-electron chi connectivity index (χ3n) is 2.15. The van der Waals surface area contributed by atoms with Gasteiger partial charge in [-0.1, -0.05) is 24.6 Å². The van der Waals surface area contributed by atoms with Crippen molar-refractivity contribution >= 4 is 5.97 Å². The lowest BCUT2D eigenvalue weighted by Crippen LogP contribution is -2.13. The molecule has 1 atom stereocenters. The molecule has 2 nitrogen and oxygen atoms in total. The van der Waals surface area contributed by atoms with Gasteiger partial charge in [-0.15, -0.1) is 0 Å². The summed E-state index contributed by atoms with van der Waals surface area (Å²) in [5, 5.41) is 8.68.